The molecule has 31 heavy (non-hydrogen) atoms. The molecule has 158 valence electrons. The summed E-state index contributed by atoms with van der Waals surface area (Å²) in [6, 6.07) is 30.2. The first-order chi connectivity index (χ1) is 15.2. The topological polar surface area (TPSA) is 17.1 Å². The molecular formula is C28H29OPS. The molecule has 1 fully saturated rings. The van der Waals surface area contributed by atoms with Crippen molar-refractivity contribution < 1.29 is 4.57 Å². The number of hydrogen-bond donors (Lipinski definition) is 0. The number of allylic oxidation sites excluding steroid dienone is 2. The van der Waals surface area contributed by atoms with Crippen molar-refractivity contribution in [2.24, 2.45) is 0 Å². The second kappa shape index (κ2) is 10.4. The highest BCUT2D eigenvalue weighted by Crippen LogP contribution is 2.58. The Bertz CT molecular complexity index is 1030. The van der Waals surface area contributed by atoms with E-state index in [0.29, 0.717) is 0 Å². The van der Waals surface area contributed by atoms with Crippen LogP contribution in [0.4, 0.5) is 0 Å². The Morgan fingerprint density at radius 1 is 0.677 bits per heavy atom. The zero-order chi connectivity index (χ0) is 21.5. The molecule has 1 aliphatic rings. The van der Waals surface area contributed by atoms with Gasteiger partial charge in [-0.3, -0.25) is 0 Å². The van der Waals surface area contributed by atoms with Crippen LogP contribution in [0.1, 0.15) is 38.5 Å². The van der Waals surface area contributed by atoms with Crippen molar-refractivity contribution >= 4 is 29.5 Å². The standard InChI is InChI=1S/C28H29OPS/c1-23(30(29,25-17-9-4-10-18-25)26-19-11-5-12-20-26)28(24-15-7-2-3-8-16-24)31-27-21-13-6-14-22-27/h4-6,9-14,17-22H,1-3,7-8,15-16H2. The predicted molar refractivity (Wildman–Crippen MR) is 136 cm³/mol. The maximum atomic E-state index is 14.9. The van der Waals surface area contributed by atoms with Crippen LogP contribution in [0.15, 0.2) is 118 Å². The van der Waals surface area contributed by atoms with E-state index in [1.807, 2.05) is 66.7 Å². The van der Waals surface area contributed by atoms with E-state index >= 15 is 0 Å². The highest BCUT2D eigenvalue weighted by Gasteiger charge is 2.34. The number of rotatable bonds is 6. The highest BCUT2D eigenvalue weighted by atomic mass is 32.2. The predicted octanol–water partition coefficient (Wildman–Crippen LogP) is 7.91. The van der Waals surface area contributed by atoms with Gasteiger partial charge < -0.3 is 4.57 Å². The van der Waals surface area contributed by atoms with Crippen LogP contribution in [-0.4, -0.2) is 0 Å². The molecule has 0 heterocycles. The van der Waals surface area contributed by atoms with Gasteiger partial charge in [-0.15, -0.1) is 0 Å². The average Bonchev–Trinajstić information content (AvgIpc) is 3.13. The number of thioether (sulfide) groups is 1. The van der Waals surface area contributed by atoms with Crippen molar-refractivity contribution in [3.8, 4) is 0 Å². The second-order valence-corrected chi connectivity index (χ2v) is 11.9. The fourth-order valence-corrected chi connectivity index (χ4v) is 8.27. The maximum absolute atomic E-state index is 14.9. The van der Waals surface area contributed by atoms with Crippen LogP contribution >= 0.6 is 18.9 Å². The summed E-state index contributed by atoms with van der Waals surface area (Å²) in [5.74, 6) is 0. The van der Waals surface area contributed by atoms with Crippen LogP contribution in [-0.2, 0) is 4.57 Å². The SMILES string of the molecule is C=C(C(Sc1ccccc1)=C1CCCCCC1)P(=O)(c1ccccc1)c1ccccc1. The molecule has 3 heteroatoms. The van der Waals surface area contributed by atoms with Gasteiger partial charge in [-0.05, 0) is 37.8 Å². The summed E-state index contributed by atoms with van der Waals surface area (Å²) in [7, 11) is -3.06. The van der Waals surface area contributed by atoms with Gasteiger partial charge in [0.15, 0.2) is 7.14 Å². The van der Waals surface area contributed by atoms with Crippen molar-refractivity contribution in [3.63, 3.8) is 0 Å². The van der Waals surface area contributed by atoms with Gasteiger partial charge in [-0.2, -0.15) is 0 Å². The third-order valence-electron chi connectivity index (χ3n) is 5.87. The molecule has 0 aromatic heterocycles. The fourth-order valence-electron chi connectivity index (χ4n) is 4.20. The van der Waals surface area contributed by atoms with Crippen molar-refractivity contribution in [1.82, 2.24) is 0 Å². The zero-order valence-electron chi connectivity index (χ0n) is 17.9. The molecule has 1 saturated carbocycles. The van der Waals surface area contributed by atoms with E-state index in [9.17, 15) is 4.57 Å². The highest BCUT2D eigenvalue weighted by molar-refractivity contribution is 8.04. The Balaban J connectivity index is 1.86. The first-order valence-corrected chi connectivity index (χ1v) is 13.6. The molecule has 3 aromatic carbocycles. The molecule has 0 amide bonds. The van der Waals surface area contributed by atoms with Gasteiger partial charge >= 0.3 is 0 Å². The summed E-state index contributed by atoms with van der Waals surface area (Å²) in [6.07, 6.45) is 7.07. The molecule has 1 nitrogen and oxygen atoms in total. The molecule has 0 aliphatic heterocycles. The Kier molecular flexibility index (Phi) is 7.33. The van der Waals surface area contributed by atoms with Crippen molar-refractivity contribution in [3.05, 3.63) is 113 Å². The summed E-state index contributed by atoms with van der Waals surface area (Å²) in [5, 5.41) is 2.48. The number of hydrogen-bond acceptors (Lipinski definition) is 2. The van der Waals surface area contributed by atoms with E-state index in [4.69, 9.17) is 0 Å². The Hall–Kier alpha value is -2.28. The van der Waals surface area contributed by atoms with Crippen LogP contribution in [0.25, 0.3) is 0 Å². The molecule has 0 unspecified atom stereocenters. The summed E-state index contributed by atoms with van der Waals surface area (Å²) >= 11 is 1.74. The molecule has 0 spiro atoms. The normalized spacial score (nSPS) is 14.6. The number of benzene rings is 3. The summed E-state index contributed by atoms with van der Waals surface area (Å²) in [6.45, 7) is 4.54. The third kappa shape index (κ3) is 4.97. The Morgan fingerprint density at radius 2 is 1.13 bits per heavy atom. The Morgan fingerprint density at radius 3 is 1.61 bits per heavy atom. The lowest BCUT2D eigenvalue weighted by atomic mass is 10.1. The van der Waals surface area contributed by atoms with Gasteiger partial charge in [0, 0.05) is 25.7 Å². The summed E-state index contributed by atoms with van der Waals surface area (Å²) in [5.41, 5.74) is 1.42. The fraction of sp³-hybridized carbons (Fsp3) is 0.214. The molecule has 0 atom stereocenters. The smallest absolute Gasteiger partial charge is 0.171 e. The van der Waals surface area contributed by atoms with Gasteiger partial charge in [-0.1, -0.05) is 116 Å². The van der Waals surface area contributed by atoms with Crippen LogP contribution in [0.2, 0.25) is 0 Å². The lowest BCUT2D eigenvalue weighted by Gasteiger charge is -2.25. The largest absolute Gasteiger partial charge is 0.309 e. The van der Waals surface area contributed by atoms with Crippen molar-refractivity contribution in [2.75, 3.05) is 0 Å². The van der Waals surface area contributed by atoms with Gasteiger partial charge in [0.25, 0.3) is 0 Å². The van der Waals surface area contributed by atoms with Crippen molar-refractivity contribution in [2.45, 2.75) is 43.4 Å². The van der Waals surface area contributed by atoms with Crippen LogP contribution < -0.4 is 10.6 Å². The lowest BCUT2D eigenvalue weighted by Crippen LogP contribution is -2.18. The van der Waals surface area contributed by atoms with E-state index < -0.39 is 7.14 Å². The Labute approximate surface area is 190 Å². The second-order valence-electron chi connectivity index (χ2n) is 7.99. The molecular weight excluding hydrogens is 415 g/mol. The van der Waals surface area contributed by atoms with Gasteiger partial charge in [0.2, 0.25) is 0 Å². The quantitative estimate of drug-likeness (QED) is 0.218. The van der Waals surface area contributed by atoms with E-state index in [1.165, 1.54) is 36.2 Å². The minimum Gasteiger partial charge on any atom is -0.309 e. The minimum absolute atomic E-state index is 0.774. The first-order valence-electron chi connectivity index (χ1n) is 11.1. The van der Waals surface area contributed by atoms with E-state index in [2.05, 4.69) is 30.8 Å². The first kappa shape index (κ1) is 21.9. The minimum atomic E-state index is -3.06. The average molecular weight is 445 g/mol. The molecule has 3 aromatic rings. The van der Waals surface area contributed by atoms with Crippen LogP contribution in [0.3, 0.4) is 0 Å². The molecule has 0 N–H and O–H groups in total. The monoisotopic (exact) mass is 444 g/mol. The van der Waals surface area contributed by atoms with Gasteiger partial charge in [-0.25, -0.2) is 0 Å². The van der Waals surface area contributed by atoms with Crippen molar-refractivity contribution in [1.29, 1.82) is 0 Å². The molecule has 0 radical (unpaired) electrons. The molecule has 4 rings (SSSR count). The maximum Gasteiger partial charge on any atom is 0.171 e. The zero-order valence-corrected chi connectivity index (χ0v) is 19.6. The van der Waals surface area contributed by atoms with Gasteiger partial charge in [0.1, 0.15) is 0 Å². The lowest BCUT2D eigenvalue weighted by molar-refractivity contribution is 0.591. The third-order valence-corrected chi connectivity index (χ3v) is 10.3. The van der Waals surface area contributed by atoms with E-state index in [1.54, 1.807) is 11.8 Å². The summed E-state index contributed by atoms with van der Waals surface area (Å²) < 4.78 is 14.9. The van der Waals surface area contributed by atoms with Crippen LogP contribution in [0.5, 0.6) is 0 Å². The molecule has 1 aliphatic carbocycles. The van der Waals surface area contributed by atoms with Gasteiger partial charge in [0.05, 0.1) is 0 Å². The summed E-state index contributed by atoms with van der Waals surface area (Å²) in [4.78, 5) is 2.30. The van der Waals surface area contributed by atoms with E-state index in [-0.39, 0.29) is 0 Å². The van der Waals surface area contributed by atoms with E-state index in [0.717, 1.165) is 33.7 Å². The molecule has 0 saturated heterocycles. The molecule has 0 bridgehead atoms. The van der Waals surface area contributed by atoms with Crippen LogP contribution in [0, 0.1) is 0 Å².